The Hall–Kier alpha value is -3.52. The van der Waals surface area contributed by atoms with E-state index in [-0.39, 0.29) is 22.5 Å². The van der Waals surface area contributed by atoms with Crippen molar-refractivity contribution in [3.05, 3.63) is 93.8 Å². The first-order valence-corrected chi connectivity index (χ1v) is 11.9. The Morgan fingerprint density at radius 1 is 1.00 bits per heavy atom. The van der Waals surface area contributed by atoms with E-state index in [0.29, 0.717) is 17.0 Å². The highest BCUT2D eigenvalue weighted by molar-refractivity contribution is 7.99. The molecule has 0 fully saturated rings. The summed E-state index contributed by atoms with van der Waals surface area (Å²) in [7, 11) is 0. The van der Waals surface area contributed by atoms with Gasteiger partial charge in [0.15, 0.2) is 5.16 Å². The van der Waals surface area contributed by atoms with Crippen molar-refractivity contribution in [3.8, 4) is 5.69 Å². The monoisotopic (exact) mass is 479 g/mol. The number of anilines is 1. The SMILES string of the molecule is CCc1cccc(CC)c1NC(=O)CSc1nc2ccccc2c(=O)n1-c1ccc(F)cc1F. The van der Waals surface area contributed by atoms with Gasteiger partial charge in [-0.1, -0.05) is 55.9 Å². The van der Waals surface area contributed by atoms with E-state index in [1.54, 1.807) is 24.3 Å². The minimum absolute atomic E-state index is 0.0468. The zero-order chi connectivity index (χ0) is 24.2. The molecule has 1 N–H and O–H groups in total. The number of thioether (sulfide) groups is 1. The summed E-state index contributed by atoms with van der Waals surface area (Å²) in [5.41, 5.74) is 2.67. The molecule has 0 unspecified atom stereocenters. The van der Waals surface area contributed by atoms with Crippen molar-refractivity contribution in [2.24, 2.45) is 0 Å². The number of nitrogens with one attached hydrogen (secondary N) is 1. The summed E-state index contributed by atoms with van der Waals surface area (Å²) in [5.74, 6) is -1.96. The fourth-order valence-corrected chi connectivity index (χ4v) is 4.60. The average molecular weight is 480 g/mol. The lowest BCUT2D eigenvalue weighted by Crippen LogP contribution is -2.24. The molecule has 1 amide bonds. The van der Waals surface area contributed by atoms with E-state index in [1.165, 1.54) is 6.07 Å². The van der Waals surface area contributed by atoms with Gasteiger partial charge in [-0.15, -0.1) is 0 Å². The summed E-state index contributed by atoms with van der Waals surface area (Å²) in [4.78, 5) is 30.6. The van der Waals surface area contributed by atoms with Crippen LogP contribution in [0.2, 0.25) is 0 Å². The molecule has 0 saturated heterocycles. The van der Waals surface area contributed by atoms with Gasteiger partial charge in [0.2, 0.25) is 5.91 Å². The van der Waals surface area contributed by atoms with Gasteiger partial charge in [0.1, 0.15) is 11.6 Å². The molecule has 174 valence electrons. The molecule has 0 bridgehead atoms. The van der Waals surface area contributed by atoms with Crippen LogP contribution in [0.15, 0.2) is 70.6 Å². The van der Waals surface area contributed by atoms with Crippen molar-refractivity contribution in [1.29, 1.82) is 0 Å². The summed E-state index contributed by atoms with van der Waals surface area (Å²) in [6.07, 6.45) is 1.54. The molecule has 34 heavy (non-hydrogen) atoms. The molecular weight excluding hydrogens is 456 g/mol. The second kappa shape index (κ2) is 10.2. The van der Waals surface area contributed by atoms with Gasteiger partial charge in [-0.25, -0.2) is 13.8 Å². The smallest absolute Gasteiger partial charge is 0.266 e. The van der Waals surface area contributed by atoms with E-state index in [2.05, 4.69) is 10.3 Å². The Morgan fingerprint density at radius 3 is 2.38 bits per heavy atom. The minimum atomic E-state index is -0.894. The van der Waals surface area contributed by atoms with Crippen molar-refractivity contribution in [1.82, 2.24) is 9.55 Å². The Morgan fingerprint density at radius 2 is 1.71 bits per heavy atom. The van der Waals surface area contributed by atoms with Crippen LogP contribution in [-0.4, -0.2) is 21.2 Å². The molecule has 0 aliphatic rings. The highest BCUT2D eigenvalue weighted by atomic mass is 32.2. The summed E-state index contributed by atoms with van der Waals surface area (Å²) < 4.78 is 29.2. The van der Waals surface area contributed by atoms with Crippen LogP contribution in [0.4, 0.5) is 14.5 Å². The van der Waals surface area contributed by atoms with Crippen LogP contribution in [0.3, 0.4) is 0 Å². The predicted octanol–water partition coefficient (Wildman–Crippen LogP) is 5.52. The molecule has 0 aliphatic carbocycles. The van der Waals surface area contributed by atoms with Gasteiger partial charge in [0.25, 0.3) is 5.56 Å². The number of carbonyl (C=O) groups is 1. The number of rotatable bonds is 7. The minimum Gasteiger partial charge on any atom is -0.325 e. The maximum absolute atomic E-state index is 14.6. The molecule has 4 rings (SSSR count). The molecule has 1 heterocycles. The van der Waals surface area contributed by atoms with Gasteiger partial charge in [0, 0.05) is 11.8 Å². The molecule has 0 spiro atoms. The van der Waals surface area contributed by atoms with Crippen LogP contribution < -0.4 is 10.9 Å². The van der Waals surface area contributed by atoms with E-state index >= 15 is 0 Å². The summed E-state index contributed by atoms with van der Waals surface area (Å²) in [6, 6.07) is 15.6. The number of hydrogen-bond donors (Lipinski definition) is 1. The fraction of sp³-hybridized carbons (Fsp3) is 0.192. The molecule has 5 nitrogen and oxygen atoms in total. The third-order valence-corrected chi connectivity index (χ3v) is 6.43. The van der Waals surface area contributed by atoms with Gasteiger partial charge in [-0.05, 0) is 48.2 Å². The van der Waals surface area contributed by atoms with Crippen molar-refractivity contribution < 1.29 is 13.6 Å². The van der Waals surface area contributed by atoms with Crippen molar-refractivity contribution in [2.75, 3.05) is 11.1 Å². The van der Waals surface area contributed by atoms with Crippen molar-refractivity contribution >= 4 is 34.3 Å². The van der Waals surface area contributed by atoms with E-state index in [0.717, 1.165) is 52.1 Å². The molecule has 0 aliphatic heterocycles. The molecule has 0 saturated carbocycles. The first-order valence-electron chi connectivity index (χ1n) is 10.9. The van der Waals surface area contributed by atoms with E-state index in [9.17, 15) is 18.4 Å². The Bertz CT molecular complexity index is 1410. The van der Waals surface area contributed by atoms with Gasteiger partial charge >= 0.3 is 0 Å². The number of para-hydroxylation sites is 2. The average Bonchev–Trinajstić information content (AvgIpc) is 2.83. The van der Waals surface area contributed by atoms with Crippen LogP contribution in [0.25, 0.3) is 16.6 Å². The molecule has 8 heteroatoms. The predicted molar refractivity (Wildman–Crippen MR) is 132 cm³/mol. The van der Waals surface area contributed by atoms with Crippen LogP contribution in [-0.2, 0) is 17.6 Å². The molecule has 1 aromatic heterocycles. The zero-order valence-electron chi connectivity index (χ0n) is 18.8. The highest BCUT2D eigenvalue weighted by Gasteiger charge is 2.18. The number of carbonyl (C=O) groups excluding carboxylic acids is 1. The molecule has 4 aromatic rings. The first-order chi connectivity index (χ1) is 16.4. The summed E-state index contributed by atoms with van der Waals surface area (Å²) in [6.45, 7) is 4.04. The van der Waals surface area contributed by atoms with Gasteiger partial charge in [0.05, 0.1) is 22.3 Å². The third-order valence-electron chi connectivity index (χ3n) is 5.49. The molecule has 0 radical (unpaired) electrons. The van der Waals surface area contributed by atoms with E-state index < -0.39 is 17.2 Å². The van der Waals surface area contributed by atoms with Crippen molar-refractivity contribution in [2.45, 2.75) is 31.8 Å². The number of aryl methyl sites for hydroxylation is 2. The normalized spacial score (nSPS) is 11.1. The maximum atomic E-state index is 14.6. The largest absolute Gasteiger partial charge is 0.325 e. The lowest BCUT2D eigenvalue weighted by molar-refractivity contribution is -0.113. The molecule has 0 atom stereocenters. The summed E-state index contributed by atoms with van der Waals surface area (Å²) >= 11 is 1.02. The quantitative estimate of drug-likeness (QED) is 0.280. The standard InChI is InChI=1S/C26H23F2N3O2S/c1-3-16-8-7-9-17(4-2)24(16)30-23(32)15-34-26-29-21-11-6-5-10-19(21)25(33)31(26)22-13-12-18(27)14-20(22)28/h5-14H,3-4,15H2,1-2H3,(H,30,32). The fourth-order valence-electron chi connectivity index (χ4n) is 3.79. The van der Waals surface area contributed by atoms with Crippen LogP contribution in [0.1, 0.15) is 25.0 Å². The zero-order valence-corrected chi connectivity index (χ0v) is 19.6. The molecular formula is C26H23F2N3O2S. The maximum Gasteiger partial charge on any atom is 0.266 e. The van der Waals surface area contributed by atoms with E-state index in [1.807, 2.05) is 32.0 Å². The number of benzene rings is 3. The Kier molecular flexibility index (Phi) is 7.07. The number of aromatic nitrogens is 2. The molecule has 3 aromatic carbocycles. The van der Waals surface area contributed by atoms with Crippen LogP contribution in [0.5, 0.6) is 0 Å². The number of halogens is 2. The van der Waals surface area contributed by atoms with Crippen molar-refractivity contribution in [3.63, 3.8) is 0 Å². The van der Waals surface area contributed by atoms with Gasteiger partial charge in [-0.2, -0.15) is 0 Å². The lowest BCUT2D eigenvalue weighted by Gasteiger charge is -2.16. The number of fused-ring (bicyclic) bond motifs is 1. The van der Waals surface area contributed by atoms with E-state index in [4.69, 9.17) is 0 Å². The number of amides is 1. The van der Waals surface area contributed by atoms with Crippen LogP contribution in [0, 0.1) is 11.6 Å². The topological polar surface area (TPSA) is 64.0 Å². The Labute approximate surface area is 199 Å². The third kappa shape index (κ3) is 4.72. The first kappa shape index (κ1) is 23.6. The van der Waals surface area contributed by atoms with Gasteiger partial charge in [-0.3, -0.25) is 14.2 Å². The second-order valence-electron chi connectivity index (χ2n) is 7.64. The van der Waals surface area contributed by atoms with Gasteiger partial charge < -0.3 is 5.32 Å². The Balaban J connectivity index is 1.70. The number of nitrogens with zero attached hydrogens (tertiary/aromatic N) is 2. The highest BCUT2D eigenvalue weighted by Crippen LogP contribution is 2.26. The summed E-state index contributed by atoms with van der Waals surface area (Å²) in [5, 5.41) is 3.42. The van der Waals surface area contributed by atoms with Crippen LogP contribution >= 0.6 is 11.8 Å². The lowest BCUT2D eigenvalue weighted by atomic mass is 10.0. The second-order valence-corrected chi connectivity index (χ2v) is 8.59. The number of hydrogen-bond acceptors (Lipinski definition) is 4.